The van der Waals surface area contributed by atoms with Gasteiger partial charge in [0.15, 0.2) is 5.69 Å². The zero-order valence-electron chi connectivity index (χ0n) is 9.14. The van der Waals surface area contributed by atoms with Gasteiger partial charge in [-0.2, -0.15) is 0 Å². The summed E-state index contributed by atoms with van der Waals surface area (Å²) in [5.41, 5.74) is 5.51. The molecular weight excluding hydrogens is 210 g/mol. The first-order valence-electron chi connectivity index (χ1n) is 4.73. The molecule has 1 aromatic heterocycles. The van der Waals surface area contributed by atoms with Crippen LogP contribution in [0.25, 0.3) is 0 Å². The summed E-state index contributed by atoms with van der Waals surface area (Å²) in [5, 5.41) is 0. The molecule has 0 aliphatic heterocycles. The lowest BCUT2D eigenvalue weighted by atomic mass is 10.2. The van der Waals surface area contributed by atoms with E-state index in [2.05, 4.69) is 4.98 Å². The predicted molar refractivity (Wildman–Crippen MR) is 58.2 cm³/mol. The normalized spacial score (nSPS) is 9.62. The lowest BCUT2D eigenvalue weighted by Gasteiger charge is -2.17. The van der Waals surface area contributed by atoms with E-state index < -0.39 is 12.0 Å². The first-order valence-corrected chi connectivity index (χ1v) is 4.73. The standard InChI is InChI=1S/C10H13N3O3/c1-3-16-10(15)13(2)7-5-4-6-12-8(7)9(11)14/h4-6H,3H2,1-2H3,(H2,11,14). The van der Waals surface area contributed by atoms with Gasteiger partial charge in [-0.3, -0.25) is 9.69 Å². The SMILES string of the molecule is CCOC(=O)N(C)c1cccnc1C(N)=O. The van der Waals surface area contributed by atoms with Crippen molar-refractivity contribution in [1.82, 2.24) is 4.98 Å². The summed E-state index contributed by atoms with van der Waals surface area (Å²) in [5.74, 6) is -0.688. The Morgan fingerprint density at radius 3 is 2.81 bits per heavy atom. The van der Waals surface area contributed by atoms with Crippen molar-refractivity contribution in [2.45, 2.75) is 6.92 Å². The van der Waals surface area contributed by atoms with Crippen LogP contribution in [-0.2, 0) is 4.74 Å². The van der Waals surface area contributed by atoms with Crippen LogP contribution in [-0.4, -0.2) is 30.6 Å². The van der Waals surface area contributed by atoms with Crippen molar-refractivity contribution >= 4 is 17.7 Å². The number of pyridine rings is 1. The molecule has 6 nitrogen and oxygen atoms in total. The molecule has 0 aromatic carbocycles. The van der Waals surface area contributed by atoms with E-state index >= 15 is 0 Å². The van der Waals surface area contributed by atoms with Crippen molar-refractivity contribution < 1.29 is 14.3 Å². The molecule has 0 fully saturated rings. The molecule has 6 heteroatoms. The average molecular weight is 223 g/mol. The highest BCUT2D eigenvalue weighted by Gasteiger charge is 2.18. The van der Waals surface area contributed by atoms with Crippen molar-refractivity contribution in [3.8, 4) is 0 Å². The monoisotopic (exact) mass is 223 g/mol. The topological polar surface area (TPSA) is 85.5 Å². The summed E-state index contributed by atoms with van der Waals surface area (Å²) in [6, 6.07) is 3.18. The van der Waals surface area contributed by atoms with Crippen LogP contribution in [0.2, 0.25) is 0 Å². The molecule has 0 saturated carbocycles. The number of amides is 2. The largest absolute Gasteiger partial charge is 0.449 e. The number of primary amides is 1. The second kappa shape index (κ2) is 5.11. The Bertz CT molecular complexity index is 406. The van der Waals surface area contributed by atoms with Gasteiger partial charge >= 0.3 is 6.09 Å². The van der Waals surface area contributed by atoms with Crippen LogP contribution in [0.5, 0.6) is 0 Å². The van der Waals surface area contributed by atoms with Gasteiger partial charge in [0.1, 0.15) is 0 Å². The van der Waals surface area contributed by atoms with Crippen LogP contribution in [0.4, 0.5) is 10.5 Å². The van der Waals surface area contributed by atoms with E-state index in [1.165, 1.54) is 18.1 Å². The van der Waals surface area contributed by atoms with Crippen LogP contribution in [0.3, 0.4) is 0 Å². The molecule has 0 aliphatic carbocycles. The third-order valence-electron chi connectivity index (χ3n) is 1.92. The zero-order valence-corrected chi connectivity index (χ0v) is 9.14. The fourth-order valence-electron chi connectivity index (χ4n) is 1.18. The number of hydrogen-bond acceptors (Lipinski definition) is 4. The van der Waals surface area contributed by atoms with E-state index in [4.69, 9.17) is 10.5 Å². The van der Waals surface area contributed by atoms with Crippen LogP contribution in [0, 0.1) is 0 Å². The summed E-state index contributed by atoms with van der Waals surface area (Å²) >= 11 is 0. The molecule has 0 bridgehead atoms. The molecule has 0 radical (unpaired) electrons. The molecule has 2 amide bonds. The molecule has 1 heterocycles. The highest BCUT2D eigenvalue weighted by Crippen LogP contribution is 2.16. The zero-order chi connectivity index (χ0) is 12.1. The second-order valence-electron chi connectivity index (χ2n) is 2.99. The predicted octanol–water partition coefficient (Wildman–Crippen LogP) is 0.773. The molecule has 86 valence electrons. The number of aromatic nitrogens is 1. The number of ether oxygens (including phenoxy) is 1. The van der Waals surface area contributed by atoms with Gasteiger partial charge in [0.2, 0.25) is 0 Å². The number of hydrogen-bond donors (Lipinski definition) is 1. The number of carbonyl (C=O) groups is 2. The van der Waals surface area contributed by atoms with Gasteiger partial charge in [-0.05, 0) is 19.1 Å². The van der Waals surface area contributed by atoms with Gasteiger partial charge in [-0.15, -0.1) is 0 Å². The molecule has 0 aliphatic rings. The molecule has 2 N–H and O–H groups in total. The number of nitrogens with zero attached hydrogens (tertiary/aromatic N) is 2. The van der Waals surface area contributed by atoms with Crippen molar-refractivity contribution in [2.75, 3.05) is 18.6 Å². The molecule has 0 spiro atoms. The molecule has 0 unspecified atom stereocenters. The number of carbonyl (C=O) groups excluding carboxylic acids is 2. The van der Waals surface area contributed by atoms with Crippen LogP contribution in [0.15, 0.2) is 18.3 Å². The smallest absolute Gasteiger partial charge is 0.414 e. The molecule has 0 saturated heterocycles. The van der Waals surface area contributed by atoms with E-state index in [1.807, 2.05) is 0 Å². The summed E-state index contributed by atoms with van der Waals surface area (Å²) in [4.78, 5) is 27.5. The number of rotatable bonds is 3. The molecular formula is C10H13N3O3. The Morgan fingerprint density at radius 2 is 2.25 bits per heavy atom. The minimum absolute atomic E-state index is 0.0399. The first-order chi connectivity index (χ1) is 7.57. The van der Waals surface area contributed by atoms with Crippen molar-refractivity contribution in [2.24, 2.45) is 5.73 Å². The van der Waals surface area contributed by atoms with Crippen LogP contribution < -0.4 is 10.6 Å². The Hall–Kier alpha value is -2.11. The number of nitrogens with two attached hydrogens (primary N) is 1. The summed E-state index contributed by atoms with van der Waals surface area (Å²) in [6.45, 7) is 1.96. The van der Waals surface area contributed by atoms with Crippen LogP contribution >= 0.6 is 0 Å². The van der Waals surface area contributed by atoms with Gasteiger partial charge in [0.25, 0.3) is 5.91 Å². The van der Waals surface area contributed by atoms with Gasteiger partial charge in [-0.25, -0.2) is 9.78 Å². The third kappa shape index (κ3) is 2.47. The maximum atomic E-state index is 11.4. The van der Waals surface area contributed by atoms with Crippen molar-refractivity contribution in [3.63, 3.8) is 0 Å². The van der Waals surface area contributed by atoms with Gasteiger partial charge in [0, 0.05) is 13.2 Å². The van der Waals surface area contributed by atoms with E-state index in [1.54, 1.807) is 19.1 Å². The summed E-state index contributed by atoms with van der Waals surface area (Å²) < 4.78 is 4.80. The Kier molecular flexibility index (Phi) is 3.82. The average Bonchev–Trinajstić information content (AvgIpc) is 2.28. The molecule has 1 rings (SSSR count). The van der Waals surface area contributed by atoms with Crippen LogP contribution in [0.1, 0.15) is 17.4 Å². The lowest BCUT2D eigenvalue weighted by Crippen LogP contribution is -2.30. The Labute approximate surface area is 93.0 Å². The van der Waals surface area contributed by atoms with Crippen molar-refractivity contribution in [1.29, 1.82) is 0 Å². The third-order valence-corrected chi connectivity index (χ3v) is 1.92. The molecule has 16 heavy (non-hydrogen) atoms. The van der Waals surface area contributed by atoms with Gasteiger partial charge in [0.05, 0.1) is 12.3 Å². The van der Waals surface area contributed by atoms with Gasteiger partial charge < -0.3 is 10.5 Å². The Balaban J connectivity index is 3.03. The van der Waals surface area contributed by atoms with Gasteiger partial charge in [-0.1, -0.05) is 0 Å². The Morgan fingerprint density at radius 1 is 1.56 bits per heavy atom. The fourth-order valence-corrected chi connectivity index (χ4v) is 1.18. The van der Waals surface area contributed by atoms with E-state index in [9.17, 15) is 9.59 Å². The maximum Gasteiger partial charge on any atom is 0.414 e. The highest BCUT2D eigenvalue weighted by molar-refractivity contribution is 6.00. The maximum absolute atomic E-state index is 11.4. The second-order valence-corrected chi connectivity index (χ2v) is 2.99. The lowest BCUT2D eigenvalue weighted by molar-refractivity contribution is 0.0996. The first kappa shape index (κ1) is 12.0. The minimum atomic E-state index is -0.688. The fraction of sp³-hybridized carbons (Fsp3) is 0.300. The minimum Gasteiger partial charge on any atom is -0.449 e. The van der Waals surface area contributed by atoms with E-state index in [-0.39, 0.29) is 12.3 Å². The van der Waals surface area contributed by atoms with E-state index in [0.29, 0.717) is 5.69 Å². The highest BCUT2D eigenvalue weighted by atomic mass is 16.6. The summed E-state index contributed by atoms with van der Waals surface area (Å²) in [7, 11) is 1.49. The van der Waals surface area contributed by atoms with E-state index in [0.717, 1.165) is 0 Å². The molecule has 0 atom stereocenters. The van der Waals surface area contributed by atoms with Crippen molar-refractivity contribution in [3.05, 3.63) is 24.0 Å². The molecule has 1 aromatic rings. The summed E-state index contributed by atoms with van der Waals surface area (Å²) in [6.07, 6.45) is 0.876. The quantitative estimate of drug-likeness (QED) is 0.820. The number of anilines is 1.